The van der Waals surface area contributed by atoms with Gasteiger partial charge in [-0.1, -0.05) is 34.1 Å². The standard InChI is InChI=1S/C14H9BrINO2/c15-13(8-2-1-3-10(16)6-8)9-4-5-11-12(7-9)19-14(18)17-11/h1-7,13H,(H,17,18). The summed E-state index contributed by atoms with van der Waals surface area (Å²) < 4.78 is 6.27. The molecule has 0 aliphatic heterocycles. The molecular weight excluding hydrogens is 421 g/mol. The molecule has 0 aliphatic rings. The summed E-state index contributed by atoms with van der Waals surface area (Å²) in [6.07, 6.45) is 0. The Bertz CT molecular complexity index is 793. The molecule has 3 rings (SSSR count). The van der Waals surface area contributed by atoms with E-state index in [1.807, 2.05) is 24.3 Å². The number of H-pyrrole nitrogens is 1. The molecule has 0 spiro atoms. The Hall–Kier alpha value is -1.08. The molecule has 1 N–H and O–H groups in total. The van der Waals surface area contributed by atoms with E-state index in [4.69, 9.17) is 4.42 Å². The van der Waals surface area contributed by atoms with E-state index < -0.39 is 5.76 Å². The van der Waals surface area contributed by atoms with Crippen LogP contribution in [0, 0.1) is 3.57 Å². The van der Waals surface area contributed by atoms with Gasteiger partial charge >= 0.3 is 5.76 Å². The maximum Gasteiger partial charge on any atom is 0.417 e. The predicted octanol–water partition coefficient (Wildman–Crippen LogP) is 4.21. The van der Waals surface area contributed by atoms with Gasteiger partial charge in [0.1, 0.15) is 0 Å². The number of hydrogen-bond acceptors (Lipinski definition) is 2. The van der Waals surface area contributed by atoms with Crippen LogP contribution in [0.25, 0.3) is 11.1 Å². The van der Waals surface area contributed by atoms with Crippen LogP contribution in [0.5, 0.6) is 0 Å². The van der Waals surface area contributed by atoms with Crippen molar-refractivity contribution in [1.82, 2.24) is 4.98 Å². The second kappa shape index (κ2) is 5.13. The van der Waals surface area contributed by atoms with Crippen molar-refractivity contribution >= 4 is 49.6 Å². The van der Waals surface area contributed by atoms with E-state index in [1.54, 1.807) is 0 Å². The first kappa shape index (κ1) is 12.9. The third-order valence-electron chi connectivity index (χ3n) is 2.88. The second-order valence-corrected chi connectivity index (χ2v) is 6.35. The molecule has 19 heavy (non-hydrogen) atoms. The Morgan fingerprint density at radius 3 is 2.74 bits per heavy atom. The number of halogens is 2. The van der Waals surface area contributed by atoms with Crippen LogP contribution in [-0.4, -0.2) is 4.98 Å². The lowest BCUT2D eigenvalue weighted by molar-refractivity contribution is 0.555. The zero-order valence-electron chi connectivity index (χ0n) is 9.69. The molecule has 0 aliphatic carbocycles. The van der Waals surface area contributed by atoms with Crippen LogP contribution in [-0.2, 0) is 0 Å². The summed E-state index contributed by atoms with van der Waals surface area (Å²) in [5, 5.41) is 0. The lowest BCUT2D eigenvalue weighted by atomic mass is 10.0. The molecule has 0 amide bonds. The summed E-state index contributed by atoms with van der Waals surface area (Å²) in [6.45, 7) is 0. The molecule has 1 unspecified atom stereocenters. The summed E-state index contributed by atoms with van der Waals surface area (Å²) in [5.74, 6) is -0.424. The highest BCUT2D eigenvalue weighted by molar-refractivity contribution is 14.1. The van der Waals surface area contributed by atoms with Crippen molar-refractivity contribution in [3.63, 3.8) is 0 Å². The molecule has 0 fully saturated rings. The second-order valence-electron chi connectivity index (χ2n) is 4.19. The van der Waals surface area contributed by atoms with Crippen LogP contribution >= 0.6 is 38.5 Å². The monoisotopic (exact) mass is 429 g/mol. The topological polar surface area (TPSA) is 46.0 Å². The highest BCUT2D eigenvalue weighted by atomic mass is 127. The van der Waals surface area contributed by atoms with E-state index in [0.717, 1.165) is 11.1 Å². The molecule has 1 heterocycles. The van der Waals surface area contributed by atoms with E-state index in [2.05, 4.69) is 61.7 Å². The average molecular weight is 430 g/mol. The number of benzene rings is 2. The van der Waals surface area contributed by atoms with Crippen molar-refractivity contribution in [2.24, 2.45) is 0 Å². The quantitative estimate of drug-likeness (QED) is 0.490. The Morgan fingerprint density at radius 2 is 1.95 bits per heavy atom. The molecular formula is C14H9BrINO2. The van der Waals surface area contributed by atoms with E-state index in [1.165, 1.54) is 9.13 Å². The number of oxazole rings is 1. The van der Waals surface area contributed by atoms with Crippen molar-refractivity contribution in [3.8, 4) is 0 Å². The van der Waals surface area contributed by atoms with Crippen molar-refractivity contribution in [3.05, 3.63) is 67.7 Å². The first-order valence-corrected chi connectivity index (χ1v) is 7.65. The van der Waals surface area contributed by atoms with E-state index >= 15 is 0 Å². The number of fused-ring (bicyclic) bond motifs is 1. The summed E-state index contributed by atoms with van der Waals surface area (Å²) in [4.78, 5) is 13.9. The fraction of sp³-hybridized carbons (Fsp3) is 0.0714. The van der Waals surface area contributed by atoms with Gasteiger partial charge in [0.05, 0.1) is 10.3 Å². The largest absolute Gasteiger partial charge is 0.417 e. The zero-order chi connectivity index (χ0) is 13.4. The van der Waals surface area contributed by atoms with Gasteiger partial charge in [-0.2, -0.15) is 0 Å². The first-order valence-electron chi connectivity index (χ1n) is 5.66. The van der Waals surface area contributed by atoms with Gasteiger partial charge in [0.15, 0.2) is 5.58 Å². The van der Waals surface area contributed by atoms with Crippen LogP contribution in [0.3, 0.4) is 0 Å². The lowest BCUT2D eigenvalue weighted by Crippen LogP contribution is -1.93. The average Bonchev–Trinajstić information content (AvgIpc) is 2.76. The van der Waals surface area contributed by atoms with Crippen molar-refractivity contribution in [2.45, 2.75) is 4.83 Å². The molecule has 3 aromatic rings. The normalized spacial score (nSPS) is 12.7. The van der Waals surface area contributed by atoms with Crippen molar-refractivity contribution < 1.29 is 4.42 Å². The van der Waals surface area contributed by atoms with E-state index in [0.29, 0.717) is 5.58 Å². The van der Waals surface area contributed by atoms with Crippen LogP contribution in [0.1, 0.15) is 16.0 Å². The number of aromatic amines is 1. The van der Waals surface area contributed by atoms with Crippen LogP contribution in [0.2, 0.25) is 0 Å². The number of aromatic nitrogens is 1. The Balaban J connectivity index is 2.05. The molecule has 0 saturated heterocycles. The van der Waals surface area contributed by atoms with Gasteiger partial charge in [-0.3, -0.25) is 4.98 Å². The summed E-state index contributed by atoms with van der Waals surface area (Å²) >= 11 is 5.98. The Labute approximate surface area is 131 Å². The number of nitrogens with one attached hydrogen (secondary N) is 1. The smallest absolute Gasteiger partial charge is 0.408 e. The Morgan fingerprint density at radius 1 is 1.16 bits per heavy atom. The molecule has 1 atom stereocenters. The van der Waals surface area contributed by atoms with Gasteiger partial charge < -0.3 is 4.42 Å². The molecule has 0 bridgehead atoms. The number of rotatable bonds is 2. The van der Waals surface area contributed by atoms with Gasteiger partial charge in [0.25, 0.3) is 0 Å². The number of hydrogen-bond donors (Lipinski definition) is 1. The minimum Gasteiger partial charge on any atom is -0.408 e. The fourth-order valence-electron chi connectivity index (χ4n) is 1.98. The highest BCUT2D eigenvalue weighted by Gasteiger charge is 2.12. The van der Waals surface area contributed by atoms with Crippen LogP contribution < -0.4 is 5.76 Å². The predicted molar refractivity (Wildman–Crippen MR) is 86.8 cm³/mol. The van der Waals surface area contributed by atoms with Crippen LogP contribution in [0.15, 0.2) is 51.7 Å². The molecule has 2 aromatic carbocycles. The fourth-order valence-corrected chi connectivity index (χ4v) is 3.11. The van der Waals surface area contributed by atoms with Gasteiger partial charge in [0, 0.05) is 3.57 Å². The maximum atomic E-state index is 11.1. The minimum atomic E-state index is -0.424. The van der Waals surface area contributed by atoms with Gasteiger partial charge in [0.2, 0.25) is 0 Å². The lowest BCUT2D eigenvalue weighted by Gasteiger charge is -2.10. The third-order valence-corrected chi connectivity index (χ3v) is 4.61. The summed E-state index contributed by atoms with van der Waals surface area (Å²) in [7, 11) is 0. The summed E-state index contributed by atoms with van der Waals surface area (Å²) in [5.41, 5.74) is 3.52. The third kappa shape index (κ3) is 2.62. The molecule has 0 saturated carbocycles. The van der Waals surface area contributed by atoms with Crippen LogP contribution in [0.4, 0.5) is 0 Å². The SMILES string of the molecule is O=c1[nH]c2ccc(C(Br)c3cccc(I)c3)cc2o1. The van der Waals surface area contributed by atoms with Gasteiger partial charge in [-0.05, 0) is 58.0 Å². The minimum absolute atomic E-state index is 0.0758. The number of alkyl halides is 1. The molecule has 0 radical (unpaired) electrons. The summed E-state index contributed by atoms with van der Waals surface area (Å²) in [6, 6.07) is 14.0. The molecule has 96 valence electrons. The van der Waals surface area contributed by atoms with E-state index in [-0.39, 0.29) is 4.83 Å². The highest BCUT2D eigenvalue weighted by Crippen LogP contribution is 2.32. The van der Waals surface area contributed by atoms with Gasteiger partial charge in [-0.15, -0.1) is 0 Å². The van der Waals surface area contributed by atoms with Crippen molar-refractivity contribution in [1.29, 1.82) is 0 Å². The molecule has 3 nitrogen and oxygen atoms in total. The van der Waals surface area contributed by atoms with Crippen molar-refractivity contribution in [2.75, 3.05) is 0 Å². The first-order chi connectivity index (χ1) is 9.13. The van der Waals surface area contributed by atoms with Gasteiger partial charge in [-0.25, -0.2) is 4.79 Å². The molecule has 1 aromatic heterocycles. The molecule has 5 heteroatoms. The zero-order valence-corrected chi connectivity index (χ0v) is 13.4. The van der Waals surface area contributed by atoms with E-state index in [9.17, 15) is 4.79 Å². The maximum absolute atomic E-state index is 11.1. The Kier molecular flexibility index (Phi) is 3.49.